The molecule has 6 nitrogen and oxygen atoms in total. The Hall–Kier alpha value is -2.84. The molecule has 0 radical (unpaired) electrons. The lowest BCUT2D eigenvalue weighted by atomic mass is 10.0. The molecule has 0 aromatic heterocycles. The smallest absolute Gasteiger partial charge is 0.352 e. The molecule has 0 spiro atoms. The van der Waals surface area contributed by atoms with Crippen LogP contribution in [0.5, 0.6) is 0 Å². The number of carbonyl (C=O) groups excluding carboxylic acids is 3. The van der Waals surface area contributed by atoms with E-state index in [2.05, 4.69) is 17.2 Å². The fraction of sp³-hybridized carbons (Fsp3) is 0.389. The molecule has 1 heterocycles. The summed E-state index contributed by atoms with van der Waals surface area (Å²) < 4.78 is 39.2. The number of alkyl halides is 3. The Kier molecular flexibility index (Phi) is 6.59. The summed E-state index contributed by atoms with van der Waals surface area (Å²) in [4.78, 5) is 36.6. The molecule has 0 saturated carbocycles. The van der Waals surface area contributed by atoms with E-state index in [4.69, 9.17) is 0 Å². The van der Waals surface area contributed by atoms with E-state index in [0.29, 0.717) is 12.8 Å². The van der Waals surface area contributed by atoms with Gasteiger partial charge in [0.05, 0.1) is 17.7 Å². The third kappa shape index (κ3) is 5.57. The molecule has 1 aromatic carbocycles. The van der Waals surface area contributed by atoms with Gasteiger partial charge in [-0.15, -0.1) is 0 Å². The Labute approximate surface area is 154 Å². The summed E-state index contributed by atoms with van der Waals surface area (Å²) in [6.45, 7) is 3.54. The van der Waals surface area contributed by atoms with Crippen molar-refractivity contribution in [1.82, 2.24) is 15.5 Å². The van der Waals surface area contributed by atoms with Crippen molar-refractivity contribution in [2.24, 2.45) is 0 Å². The maximum Gasteiger partial charge on any atom is 0.417 e. The SMILES string of the molecule is C=CC(=O)NCC(=O)NC1CCN(C(=O)c2ccccc2C(F)(F)F)CC1. The van der Waals surface area contributed by atoms with Crippen LogP contribution in [0.25, 0.3) is 0 Å². The van der Waals surface area contributed by atoms with Gasteiger partial charge in [0.25, 0.3) is 5.91 Å². The van der Waals surface area contributed by atoms with E-state index >= 15 is 0 Å². The molecular formula is C18H20F3N3O3. The lowest BCUT2D eigenvalue weighted by Gasteiger charge is -2.33. The van der Waals surface area contributed by atoms with Crippen LogP contribution >= 0.6 is 0 Å². The normalized spacial score (nSPS) is 15.1. The monoisotopic (exact) mass is 383 g/mol. The third-order valence-electron chi connectivity index (χ3n) is 4.22. The van der Waals surface area contributed by atoms with E-state index < -0.39 is 23.6 Å². The molecule has 2 N–H and O–H groups in total. The molecule has 3 amide bonds. The van der Waals surface area contributed by atoms with E-state index in [0.717, 1.165) is 12.1 Å². The second-order valence-corrected chi connectivity index (χ2v) is 6.10. The largest absolute Gasteiger partial charge is 0.417 e. The highest BCUT2D eigenvalue weighted by Gasteiger charge is 2.36. The Morgan fingerprint density at radius 2 is 1.81 bits per heavy atom. The summed E-state index contributed by atoms with van der Waals surface area (Å²) in [5.41, 5.74) is -1.33. The van der Waals surface area contributed by atoms with Gasteiger partial charge in [0.2, 0.25) is 11.8 Å². The van der Waals surface area contributed by atoms with E-state index in [9.17, 15) is 27.6 Å². The summed E-state index contributed by atoms with van der Waals surface area (Å²) in [6, 6.07) is 4.48. The van der Waals surface area contributed by atoms with E-state index in [1.165, 1.54) is 23.1 Å². The van der Waals surface area contributed by atoms with Gasteiger partial charge in [-0.2, -0.15) is 13.2 Å². The molecule has 1 saturated heterocycles. The zero-order valence-corrected chi connectivity index (χ0v) is 14.5. The number of nitrogens with zero attached hydrogens (tertiary/aromatic N) is 1. The standard InChI is InChI=1S/C18H20F3N3O3/c1-2-15(25)22-11-16(26)23-12-7-9-24(10-8-12)17(27)13-5-3-4-6-14(13)18(19,20)21/h2-6,12H,1,7-11H2,(H,22,25)(H,23,26). The molecule has 0 aliphatic carbocycles. The Balaban J connectivity index is 1.91. The molecule has 1 aromatic rings. The van der Waals surface area contributed by atoms with Crippen LogP contribution in [0, 0.1) is 0 Å². The molecule has 27 heavy (non-hydrogen) atoms. The summed E-state index contributed by atoms with van der Waals surface area (Å²) in [5, 5.41) is 5.08. The van der Waals surface area contributed by atoms with Gasteiger partial charge in [0.15, 0.2) is 0 Å². The minimum Gasteiger partial charge on any atom is -0.352 e. The first-order chi connectivity index (χ1) is 12.7. The molecule has 9 heteroatoms. The summed E-state index contributed by atoms with van der Waals surface area (Å²) in [5.74, 6) is -1.52. The molecule has 0 atom stereocenters. The predicted octanol–water partition coefficient (Wildman–Crippen LogP) is 1.73. The van der Waals surface area contributed by atoms with Gasteiger partial charge >= 0.3 is 6.18 Å². The number of halogens is 3. The highest BCUT2D eigenvalue weighted by Crippen LogP contribution is 2.32. The van der Waals surface area contributed by atoms with Crippen LogP contribution in [0.2, 0.25) is 0 Å². The van der Waals surface area contributed by atoms with Gasteiger partial charge in [0, 0.05) is 19.1 Å². The Morgan fingerprint density at radius 1 is 1.19 bits per heavy atom. The van der Waals surface area contributed by atoms with Gasteiger partial charge in [-0.25, -0.2) is 0 Å². The van der Waals surface area contributed by atoms with Crippen LogP contribution in [0.4, 0.5) is 13.2 Å². The zero-order chi connectivity index (χ0) is 20.0. The highest BCUT2D eigenvalue weighted by atomic mass is 19.4. The first-order valence-corrected chi connectivity index (χ1v) is 8.37. The number of likely N-dealkylation sites (tertiary alicyclic amines) is 1. The van der Waals surface area contributed by atoms with Crippen molar-refractivity contribution in [2.75, 3.05) is 19.6 Å². The zero-order valence-electron chi connectivity index (χ0n) is 14.5. The van der Waals surface area contributed by atoms with Gasteiger partial charge in [-0.05, 0) is 31.1 Å². The second kappa shape index (κ2) is 8.70. The molecule has 1 fully saturated rings. The molecule has 2 rings (SSSR count). The van der Waals surface area contributed by atoms with Crippen LogP contribution in [-0.2, 0) is 15.8 Å². The van der Waals surface area contributed by atoms with Crippen molar-refractivity contribution in [3.05, 3.63) is 48.0 Å². The first-order valence-electron chi connectivity index (χ1n) is 8.37. The maximum atomic E-state index is 13.1. The van der Waals surface area contributed by atoms with Crippen LogP contribution in [0.15, 0.2) is 36.9 Å². The highest BCUT2D eigenvalue weighted by molar-refractivity contribution is 5.96. The lowest BCUT2D eigenvalue weighted by molar-refractivity contribution is -0.138. The minimum atomic E-state index is -4.60. The molecule has 0 unspecified atom stereocenters. The van der Waals surface area contributed by atoms with Crippen LogP contribution in [-0.4, -0.2) is 48.3 Å². The number of hydrogen-bond donors (Lipinski definition) is 2. The Bertz CT molecular complexity index is 726. The Morgan fingerprint density at radius 3 is 2.41 bits per heavy atom. The number of benzene rings is 1. The fourth-order valence-corrected chi connectivity index (χ4v) is 2.83. The molecule has 0 bridgehead atoms. The molecule has 1 aliphatic rings. The third-order valence-corrected chi connectivity index (χ3v) is 4.22. The minimum absolute atomic E-state index is 0.192. The van der Waals surface area contributed by atoms with Crippen molar-refractivity contribution in [1.29, 1.82) is 0 Å². The van der Waals surface area contributed by atoms with Crippen molar-refractivity contribution >= 4 is 17.7 Å². The number of carbonyl (C=O) groups is 3. The number of amides is 3. The van der Waals surface area contributed by atoms with E-state index in [1.807, 2.05) is 0 Å². The van der Waals surface area contributed by atoms with Gasteiger partial charge in [-0.3, -0.25) is 14.4 Å². The van der Waals surface area contributed by atoms with E-state index in [-0.39, 0.29) is 37.1 Å². The van der Waals surface area contributed by atoms with Crippen molar-refractivity contribution in [3.63, 3.8) is 0 Å². The van der Waals surface area contributed by atoms with Crippen LogP contribution in [0.1, 0.15) is 28.8 Å². The quantitative estimate of drug-likeness (QED) is 0.760. The molecule has 1 aliphatic heterocycles. The van der Waals surface area contributed by atoms with Crippen molar-refractivity contribution in [2.45, 2.75) is 25.1 Å². The average molecular weight is 383 g/mol. The number of nitrogens with one attached hydrogen (secondary N) is 2. The predicted molar refractivity (Wildman–Crippen MR) is 91.7 cm³/mol. The van der Waals surface area contributed by atoms with Gasteiger partial charge in [-0.1, -0.05) is 18.7 Å². The average Bonchev–Trinajstić information content (AvgIpc) is 2.65. The van der Waals surface area contributed by atoms with Gasteiger partial charge in [0.1, 0.15) is 0 Å². The summed E-state index contributed by atoms with van der Waals surface area (Å²) in [7, 11) is 0. The summed E-state index contributed by atoms with van der Waals surface area (Å²) in [6.07, 6.45) is -2.72. The van der Waals surface area contributed by atoms with Crippen molar-refractivity contribution < 1.29 is 27.6 Å². The molecule has 146 valence electrons. The maximum absolute atomic E-state index is 13.1. The lowest BCUT2D eigenvalue weighted by Crippen LogP contribution is -2.48. The topological polar surface area (TPSA) is 78.5 Å². The summed E-state index contributed by atoms with van der Waals surface area (Å²) >= 11 is 0. The van der Waals surface area contributed by atoms with Gasteiger partial charge < -0.3 is 15.5 Å². The van der Waals surface area contributed by atoms with Crippen LogP contribution < -0.4 is 10.6 Å². The molecular weight excluding hydrogens is 363 g/mol. The van der Waals surface area contributed by atoms with Crippen molar-refractivity contribution in [3.8, 4) is 0 Å². The fourth-order valence-electron chi connectivity index (χ4n) is 2.83. The van der Waals surface area contributed by atoms with Crippen LogP contribution in [0.3, 0.4) is 0 Å². The first kappa shape index (κ1) is 20.5. The second-order valence-electron chi connectivity index (χ2n) is 6.10. The number of hydrogen-bond acceptors (Lipinski definition) is 3. The number of rotatable bonds is 5. The van der Waals surface area contributed by atoms with E-state index in [1.54, 1.807) is 0 Å². The number of piperidine rings is 1.